The van der Waals surface area contributed by atoms with Crippen LogP contribution in [0.15, 0.2) is 15.5 Å². The standard InChI is InChI=1S/C10H7Br2Cl3O2/c1-16-10-5(13)4-6(8(14)9(10)15)17-3-2-7(11)12/h2,4H,3H2,1H3. The summed E-state index contributed by atoms with van der Waals surface area (Å²) >= 11 is 24.4. The molecular weight excluding hydrogens is 418 g/mol. The van der Waals surface area contributed by atoms with E-state index in [1.807, 2.05) is 0 Å². The Kier molecular flexibility index (Phi) is 6.45. The topological polar surface area (TPSA) is 18.5 Å². The highest BCUT2D eigenvalue weighted by Crippen LogP contribution is 2.43. The summed E-state index contributed by atoms with van der Waals surface area (Å²) in [6, 6.07) is 1.56. The molecule has 0 unspecified atom stereocenters. The van der Waals surface area contributed by atoms with Crippen LogP contribution in [0.1, 0.15) is 0 Å². The molecule has 1 aromatic rings. The average molecular weight is 425 g/mol. The maximum Gasteiger partial charge on any atom is 0.157 e. The van der Waals surface area contributed by atoms with E-state index in [9.17, 15) is 0 Å². The summed E-state index contributed by atoms with van der Waals surface area (Å²) in [6.45, 7) is 0.324. The first-order valence-corrected chi connectivity index (χ1v) is 7.04. The largest absolute Gasteiger partial charge is 0.494 e. The van der Waals surface area contributed by atoms with Crippen molar-refractivity contribution in [2.24, 2.45) is 0 Å². The van der Waals surface area contributed by atoms with Gasteiger partial charge in [0.2, 0.25) is 0 Å². The molecule has 0 radical (unpaired) electrons. The molecule has 0 aromatic heterocycles. The van der Waals surface area contributed by atoms with E-state index in [0.29, 0.717) is 23.1 Å². The predicted octanol–water partition coefficient (Wildman–Crippen LogP) is 5.67. The van der Waals surface area contributed by atoms with Crippen LogP contribution >= 0.6 is 66.7 Å². The van der Waals surface area contributed by atoms with Gasteiger partial charge in [-0.3, -0.25) is 0 Å². The minimum absolute atomic E-state index is 0.235. The zero-order chi connectivity index (χ0) is 13.0. The van der Waals surface area contributed by atoms with Crippen molar-refractivity contribution in [2.45, 2.75) is 0 Å². The van der Waals surface area contributed by atoms with E-state index in [1.165, 1.54) is 7.11 Å². The van der Waals surface area contributed by atoms with Crippen molar-refractivity contribution in [3.8, 4) is 11.5 Å². The molecule has 0 aliphatic rings. The normalized spacial score (nSPS) is 10.0. The zero-order valence-electron chi connectivity index (χ0n) is 8.57. The summed E-state index contributed by atoms with van der Waals surface area (Å²) in [5.41, 5.74) is 0. The lowest BCUT2D eigenvalue weighted by Gasteiger charge is -2.11. The number of ether oxygens (including phenoxy) is 2. The minimum atomic E-state index is 0.235. The van der Waals surface area contributed by atoms with Crippen LogP contribution in [-0.2, 0) is 0 Å². The molecule has 0 heterocycles. The van der Waals surface area contributed by atoms with Gasteiger partial charge in [-0.25, -0.2) is 0 Å². The monoisotopic (exact) mass is 422 g/mol. The van der Waals surface area contributed by atoms with E-state index in [-0.39, 0.29) is 10.0 Å². The van der Waals surface area contributed by atoms with Gasteiger partial charge in [-0.1, -0.05) is 34.8 Å². The van der Waals surface area contributed by atoms with E-state index in [4.69, 9.17) is 44.3 Å². The fourth-order valence-corrected chi connectivity index (χ4v) is 2.09. The van der Waals surface area contributed by atoms with Gasteiger partial charge >= 0.3 is 0 Å². The van der Waals surface area contributed by atoms with E-state index in [0.717, 1.165) is 3.39 Å². The lowest BCUT2D eigenvalue weighted by atomic mass is 10.3. The first kappa shape index (κ1) is 15.4. The van der Waals surface area contributed by atoms with Crippen LogP contribution < -0.4 is 9.47 Å². The zero-order valence-corrected chi connectivity index (χ0v) is 14.0. The third-order valence-corrected chi connectivity index (χ3v) is 3.52. The Morgan fingerprint density at radius 1 is 1.29 bits per heavy atom. The van der Waals surface area contributed by atoms with E-state index >= 15 is 0 Å². The fraction of sp³-hybridized carbons (Fsp3) is 0.200. The second kappa shape index (κ2) is 7.10. The van der Waals surface area contributed by atoms with Gasteiger partial charge in [0.05, 0.1) is 15.5 Å². The van der Waals surface area contributed by atoms with Gasteiger partial charge in [-0.2, -0.15) is 0 Å². The van der Waals surface area contributed by atoms with Crippen LogP contribution in [-0.4, -0.2) is 13.7 Å². The average Bonchev–Trinajstić information content (AvgIpc) is 2.25. The highest BCUT2D eigenvalue weighted by Gasteiger charge is 2.15. The molecule has 1 rings (SSSR count). The number of halogens is 5. The molecule has 0 aliphatic carbocycles. The summed E-state index contributed by atoms with van der Waals surface area (Å²) < 4.78 is 11.2. The Balaban J connectivity index is 2.98. The number of hydrogen-bond acceptors (Lipinski definition) is 2. The molecule has 0 spiro atoms. The molecular formula is C10H7Br2Cl3O2. The summed E-state index contributed by atoms with van der Waals surface area (Å²) in [6.07, 6.45) is 1.77. The van der Waals surface area contributed by atoms with Crippen LogP contribution in [0.2, 0.25) is 15.1 Å². The van der Waals surface area contributed by atoms with Crippen molar-refractivity contribution in [3.05, 3.63) is 30.6 Å². The number of rotatable bonds is 4. The molecule has 0 aliphatic heterocycles. The highest BCUT2D eigenvalue weighted by atomic mass is 79.9. The molecule has 0 saturated heterocycles. The molecule has 0 amide bonds. The van der Waals surface area contributed by atoms with Gasteiger partial charge in [0.25, 0.3) is 0 Å². The number of benzene rings is 1. The Morgan fingerprint density at radius 3 is 2.47 bits per heavy atom. The van der Waals surface area contributed by atoms with Crippen LogP contribution in [0, 0.1) is 0 Å². The number of methoxy groups -OCH3 is 1. The molecule has 0 saturated carbocycles. The van der Waals surface area contributed by atoms with Crippen LogP contribution in [0.4, 0.5) is 0 Å². The van der Waals surface area contributed by atoms with Crippen LogP contribution in [0.25, 0.3) is 0 Å². The maximum absolute atomic E-state index is 6.02. The van der Waals surface area contributed by atoms with Crippen LogP contribution in [0.3, 0.4) is 0 Å². The molecule has 2 nitrogen and oxygen atoms in total. The third-order valence-electron chi connectivity index (χ3n) is 1.76. The second-order valence-corrected chi connectivity index (χ2v) is 6.76. The Bertz CT molecular complexity index is 446. The van der Waals surface area contributed by atoms with Crippen molar-refractivity contribution < 1.29 is 9.47 Å². The van der Waals surface area contributed by atoms with Gasteiger partial charge in [-0.05, 0) is 37.9 Å². The summed E-state index contributed by atoms with van der Waals surface area (Å²) in [5.74, 6) is 0.739. The van der Waals surface area contributed by atoms with Crippen molar-refractivity contribution in [1.82, 2.24) is 0 Å². The SMILES string of the molecule is COc1c(Cl)cc(OCC=C(Br)Br)c(Cl)c1Cl. The first-order chi connectivity index (χ1) is 7.97. The summed E-state index contributed by atoms with van der Waals surface area (Å²) in [5, 5.41) is 0.851. The Morgan fingerprint density at radius 2 is 1.94 bits per heavy atom. The van der Waals surface area contributed by atoms with Crippen LogP contribution in [0.5, 0.6) is 11.5 Å². The van der Waals surface area contributed by atoms with Crippen molar-refractivity contribution in [3.63, 3.8) is 0 Å². The molecule has 0 N–H and O–H groups in total. The van der Waals surface area contributed by atoms with E-state index < -0.39 is 0 Å². The Labute approximate surface area is 131 Å². The van der Waals surface area contributed by atoms with Gasteiger partial charge < -0.3 is 9.47 Å². The quantitative estimate of drug-likeness (QED) is 0.580. The van der Waals surface area contributed by atoms with Gasteiger partial charge in [-0.15, -0.1) is 0 Å². The lowest BCUT2D eigenvalue weighted by molar-refractivity contribution is 0.361. The van der Waals surface area contributed by atoms with E-state index in [1.54, 1.807) is 12.1 Å². The molecule has 0 fully saturated rings. The van der Waals surface area contributed by atoms with Crippen molar-refractivity contribution >= 4 is 66.7 Å². The van der Waals surface area contributed by atoms with Gasteiger partial charge in [0.1, 0.15) is 22.4 Å². The van der Waals surface area contributed by atoms with Gasteiger partial charge in [0, 0.05) is 6.07 Å². The van der Waals surface area contributed by atoms with Gasteiger partial charge in [0.15, 0.2) is 5.75 Å². The number of hydrogen-bond donors (Lipinski definition) is 0. The predicted molar refractivity (Wildman–Crippen MR) is 79.5 cm³/mol. The van der Waals surface area contributed by atoms with Crippen molar-refractivity contribution in [2.75, 3.05) is 13.7 Å². The molecule has 17 heavy (non-hydrogen) atoms. The van der Waals surface area contributed by atoms with Crippen molar-refractivity contribution in [1.29, 1.82) is 0 Å². The molecule has 0 atom stereocenters. The first-order valence-electron chi connectivity index (χ1n) is 4.32. The highest BCUT2D eigenvalue weighted by molar-refractivity contribution is 9.28. The van der Waals surface area contributed by atoms with E-state index in [2.05, 4.69) is 31.9 Å². The molecule has 0 bridgehead atoms. The fourth-order valence-electron chi connectivity index (χ4n) is 1.04. The minimum Gasteiger partial charge on any atom is -0.494 e. The summed E-state index contributed by atoms with van der Waals surface area (Å²) in [7, 11) is 1.47. The maximum atomic E-state index is 6.02. The second-order valence-electron chi connectivity index (χ2n) is 2.82. The molecule has 94 valence electrons. The Hall–Kier alpha value is 0.390. The summed E-state index contributed by atoms with van der Waals surface area (Å²) in [4.78, 5) is 0. The molecule has 1 aromatic carbocycles. The lowest BCUT2D eigenvalue weighted by Crippen LogP contribution is -1.96. The smallest absolute Gasteiger partial charge is 0.157 e. The molecule has 7 heteroatoms. The third kappa shape index (κ3) is 4.21.